The summed E-state index contributed by atoms with van der Waals surface area (Å²) in [5, 5.41) is 36.1. The third-order valence-electron chi connectivity index (χ3n) is 11.9. The van der Waals surface area contributed by atoms with E-state index in [-0.39, 0.29) is 24.4 Å². The molecule has 11 heteroatoms. The zero-order valence-electron chi connectivity index (χ0n) is 36.0. The number of carbonyl (C=O) groups excluding carboxylic acids is 1. The summed E-state index contributed by atoms with van der Waals surface area (Å²) < 4.78 is 28.3. The highest BCUT2D eigenvalue weighted by atomic mass is 35.5. The quantitative estimate of drug-likeness (QED) is 0.116. The van der Waals surface area contributed by atoms with Crippen LogP contribution in [0.25, 0.3) is 0 Å². The lowest BCUT2D eigenvalue weighted by atomic mass is 9.82. The number of rotatable bonds is 10. The van der Waals surface area contributed by atoms with E-state index >= 15 is 0 Å². The topological polar surface area (TPSA) is 178 Å². The van der Waals surface area contributed by atoms with Crippen LogP contribution in [0.2, 0.25) is 0 Å². The Kier molecular flexibility index (Phi) is 23.2. The monoisotopic (exact) mass is 878 g/mol. The molecule has 0 aromatic heterocycles. The molecule has 3 aliphatic carbocycles. The summed E-state index contributed by atoms with van der Waals surface area (Å²) in [5.41, 5.74) is 12.5. The third-order valence-corrected chi connectivity index (χ3v) is 12.4. The molecular weight excluding hydrogens is 816 g/mol. The molecule has 9 nitrogen and oxygen atoms in total. The van der Waals surface area contributed by atoms with E-state index in [1.54, 1.807) is 60.7 Å². The fraction of sp³-hybridized carbons (Fsp3) is 0.451. The molecule has 3 saturated carbocycles. The number of aliphatic hydroxyl groups is 1. The fourth-order valence-electron chi connectivity index (χ4n) is 8.43. The molecule has 62 heavy (non-hydrogen) atoms. The van der Waals surface area contributed by atoms with Crippen molar-refractivity contribution in [2.75, 3.05) is 6.26 Å². The van der Waals surface area contributed by atoms with Crippen molar-refractivity contribution in [3.05, 3.63) is 142 Å². The van der Waals surface area contributed by atoms with Crippen molar-refractivity contribution in [3.63, 3.8) is 0 Å². The first-order chi connectivity index (χ1) is 29.5. The second-order valence-corrected chi connectivity index (χ2v) is 18.1. The molecule has 2 atom stereocenters. The molecule has 4 aromatic rings. The minimum atomic E-state index is -3.50. The number of halogens is 1. The van der Waals surface area contributed by atoms with Crippen molar-refractivity contribution >= 4 is 28.8 Å². The fourth-order valence-corrected chi connectivity index (χ4v) is 9.07. The van der Waals surface area contributed by atoms with E-state index in [2.05, 4.69) is 36.4 Å². The number of nitrogens with zero attached hydrogens (tertiary/aromatic N) is 3. The number of aliphatic hydroxyl groups excluding tert-OH is 1. The highest BCUT2D eigenvalue weighted by Crippen LogP contribution is 2.38. The third kappa shape index (κ3) is 18.2. The average molecular weight is 880 g/mol. The van der Waals surface area contributed by atoms with Gasteiger partial charge in [-0.25, -0.2) is 0 Å². The summed E-state index contributed by atoms with van der Waals surface area (Å²) in [6, 6.07) is 35.7. The minimum Gasteiger partial charge on any atom is -0.388 e. The van der Waals surface area contributed by atoms with Crippen molar-refractivity contribution < 1.29 is 22.5 Å². The second-order valence-electron chi connectivity index (χ2n) is 16.5. The Morgan fingerprint density at radius 3 is 1.45 bits per heavy atom. The second kappa shape index (κ2) is 28.0. The Morgan fingerprint density at radius 1 is 0.629 bits per heavy atom. The van der Waals surface area contributed by atoms with Crippen LogP contribution in [-0.4, -0.2) is 26.1 Å². The van der Waals surface area contributed by atoms with Gasteiger partial charge in [0, 0.05) is 12.1 Å². The SMILES string of the molecule is CS(=O)(=O)OC(c1ccc(C#N)cc1)C1CCCCC1.Cl.N#Cc1ccc(C(O)C2CCCCC2)cc1.N#Cc1ccc(C=O)cc1.NCc1ccc(CC2CCCCC2)cc1. The van der Waals surface area contributed by atoms with Crippen LogP contribution in [0.15, 0.2) is 97.1 Å². The van der Waals surface area contributed by atoms with E-state index < -0.39 is 16.2 Å². The van der Waals surface area contributed by atoms with Crippen LogP contribution >= 0.6 is 12.4 Å². The number of nitriles is 3. The van der Waals surface area contributed by atoms with Gasteiger partial charge in [-0.1, -0.05) is 131 Å². The molecule has 2 unspecified atom stereocenters. The summed E-state index contributed by atoms with van der Waals surface area (Å²) in [4.78, 5) is 10.1. The Bertz CT molecular complexity index is 2130. The summed E-state index contributed by atoms with van der Waals surface area (Å²) in [5.74, 6) is 1.57. The Morgan fingerprint density at radius 2 is 1.03 bits per heavy atom. The van der Waals surface area contributed by atoms with E-state index in [4.69, 9.17) is 25.7 Å². The zero-order valence-corrected chi connectivity index (χ0v) is 37.7. The number of nitrogens with two attached hydrogens (primary N) is 1. The Hall–Kier alpha value is -4.86. The summed E-state index contributed by atoms with van der Waals surface area (Å²) in [6.45, 7) is 0.656. The van der Waals surface area contributed by atoms with Crippen molar-refractivity contribution in [3.8, 4) is 18.2 Å². The maximum absolute atomic E-state index is 11.5. The summed E-state index contributed by atoms with van der Waals surface area (Å²) >= 11 is 0. The average Bonchev–Trinajstić information content (AvgIpc) is 3.32. The number of hydrogen-bond acceptors (Lipinski definition) is 9. The molecule has 0 radical (unpaired) electrons. The van der Waals surface area contributed by atoms with Crippen LogP contribution < -0.4 is 5.73 Å². The van der Waals surface area contributed by atoms with Crippen LogP contribution in [0.4, 0.5) is 0 Å². The lowest BCUT2D eigenvalue weighted by Gasteiger charge is -2.29. The highest BCUT2D eigenvalue weighted by Gasteiger charge is 2.29. The normalized spacial score (nSPS) is 16.5. The molecule has 3 N–H and O–H groups in total. The van der Waals surface area contributed by atoms with Crippen molar-refractivity contribution in [2.24, 2.45) is 23.5 Å². The molecule has 7 rings (SSSR count). The Balaban J connectivity index is 0.000000224. The van der Waals surface area contributed by atoms with Gasteiger partial charge < -0.3 is 10.8 Å². The predicted octanol–water partition coefficient (Wildman–Crippen LogP) is 11.4. The summed E-state index contributed by atoms with van der Waals surface area (Å²) in [7, 11) is -3.50. The van der Waals surface area contributed by atoms with Crippen molar-refractivity contribution in [1.29, 1.82) is 15.8 Å². The highest BCUT2D eigenvalue weighted by molar-refractivity contribution is 7.86. The van der Waals surface area contributed by atoms with Gasteiger partial charge in [0.25, 0.3) is 10.1 Å². The largest absolute Gasteiger partial charge is 0.388 e. The Labute approximate surface area is 376 Å². The molecule has 3 aliphatic rings. The molecule has 0 aliphatic heterocycles. The van der Waals surface area contributed by atoms with E-state index in [0.717, 1.165) is 68.1 Å². The van der Waals surface area contributed by atoms with Crippen LogP contribution in [0.3, 0.4) is 0 Å². The number of hydrogen-bond donors (Lipinski definition) is 2. The van der Waals surface area contributed by atoms with Crippen molar-refractivity contribution in [2.45, 2.75) is 121 Å². The lowest BCUT2D eigenvalue weighted by Crippen LogP contribution is -2.21. The molecule has 4 aromatic carbocycles. The van der Waals surface area contributed by atoms with Crippen molar-refractivity contribution in [1.82, 2.24) is 0 Å². The predicted molar refractivity (Wildman–Crippen MR) is 247 cm³/mol. The smallest absolute Gasteiger partial charge is 0.264 e. The van der Waals surface area contributed by atoms with E-state index in [1.165, 1.54) is 75.3 Å². The molecular formula is C51H63ClN4O5S. The number of carbonyl (C=O) groups is 1. The molecule has 3 fully saturated rings. The summed E-state index contributed by atoms with van der Waals surface area (Å²) in [6.07, 6.45) is 20.9. The van der Waals surface area contributed by atoms with E-state index in [0.29, 0.717) is 34.7 Å². The van der Waals surface area contributed by atoms with Gasteiger partial charge in [0.05, 0.1) is 47.3 Å². The molecule has 0 bridgehead atoms. The van der Waals surface area contributed by atoms with Gasteiger partial charge in [-0.3, -0.25) is 8.98 Å². The van der Waals surface area contributed by atoms with Crippen LogP contribution in [0, 0.1) is 51.7 Å². The number of aldehydes is 1. The van der Waals surface area contributed by atoms with Crippen LogP contribution in [0.5, 0.6) is 0 Å². The van der Waals surface area contributed by atoms with Gasteiger partial charge in [0.1, 0.15) is 12.4 Å². The first-order valence-electron chi connectivity index (χ1n) is 21.8. The molecule has 0 spiro atoms. The van der Waals surface area contributed by atoms with Gasteiger partial charge in [0.15, 0.2) is 0 Å². The molecule has 330 valence electrons. The molecule has 0 amide bonds. The zero-order chi connectivity index (χ0) is 43.9. The van der Waals surface area contributed by atoms with Gasteiger partial charge >= 0.3 is 0 Å². The number of benzene rings is 4. The molecule has 0 heterocycles. The maximum atomic E-state index is 11.5. The van der Waals surface area contributed by atoms with Gasteiger partial charge in [-0.2, -0.15) is 24.2 Å². The van der Waals surface area contributed by atoms with Gasteiger partial charge in [-0.05, 0) is 109 Å². The van der Waals surface area contributed by atoms with Gasteiger partial charge in [0.2, 0.25) is 0 Å². The van der Waals surface area contributed by atoms with Crippen LogP contribution in [-0.2, 0) is 27.3 Å². The van der Waals surface area contributed by atoms with E-state index in [1.807, 2.05) is 18.2 Å². The maximum Gasteiger partial charge on any atom is 0.264 e. The first kappa shape index (κ1) is 51.5. The van der Waals surface area contributed by atoms with Gasteiger partial charge in [-0.15, -0.1) is 12.4 Å². The molecule has 0 saturated heterocycles. The minimum absolute atomic E-state index is 0. The lowest BCUT2D eigenvalue weighted by molar-refractivity contribution is 0.0848. The standard InChI is InChI=1S/C15H19NO3S.C14H17NO.C14H21N.C8H5NO.ClH/c1-20(17,18)19-15(13-5-3-2-4-6-13)14-9-7-12(11-16)8-10-14;15-10-11-6-8-13(9-7-11)14(16)12-4-2-1-3-5-12;15-11-14-8-6-13(7-9-14)10-12-4-2-1-3-5-12;9-5-7-1-3-8(6-10)4-2-7;/h7-10,13,15H,2-6H2,1H3;6-9,12,14,16H,1-5H2;6-9,12H,1-5,10-11,15H2;1-4,6H;1H. The first-order valence-corrected chi connectivity index (χ1v) is 23.7. The van der Waals surface area contributed by atoms with Crippen LogP contribution in [0.1, 0.15) is 158 Å². The van der Waals surface area contributed by atoms with E-state index in [9.17, 15) is 18.3 Å².